The summed E-state index contributed by atoms with van der Waals surface area (Å²) in [5, 5.41) is 3.02. The number of para-hydroxylation sites is 1. The predicted octanol–water partition coefficient (Wildman–Crippen LogP) is 4.70. The third-order valence-corrected chi connectivity index (χ3v) is 6.25. The van der Waals surface area contributed by atoms with E-state index in [-0.39, 0.29) is 17.6 Å². The Hall–Kier alpha value is -3.97. The molecule has 5 rings (SSSR count). The summed E-state index contributed by atoms with van der Waals surface area (Å²) in [6.07, 6.45) is 1.48. The molecule has 0 radical (unpaired) electrons. The van der Waals surface area contributed by atoms with Crippen LogP contribution in [0, 0.1) is 5.82 Å². The van der Waals surface area contributed by atoms with E-state index < -0.39 is 0 Å². The van der Waals surface area contributed by atoms with Crippen LogP contribution in [-0.4, -0.2) is 55.1 Å². The number of halogens is 1. The van der Waals surface area contributed by atoms with Crippen LogP contribution in [0.25, 0.3) is 22.8 Å². The highest BCUT2D eigenvalue weighted by Gasteiger charge is 2.19. The summed E-state index contributed by atoms with van der Waals surface area (Å²) in [5.74, 6) is 0.0361. The average Bonchev–Trinajstić information content (AvgIpc) is 3.40. The molecule has 4 aromatic rings. The van der Waals surface area contributed by atoms with E-state index in [2.05, 4.69) is 44.4 Å². The maximum atomic E-state index is 14.1. The van der Waals surface area contributed by atoms with Gasteiger partial charge >= 0.3 is 0 Å². The number of carbonyl (C=O) groups excluding carboxylic acids is 1. The summed E-state index contributed by atoms with van der Waals surface area (Å²) >= 11 is 0. The fourth-order valence-corrected chi connectivity index (χ4v) is 4.34. The van der Waals surface area contributed by atoms with Gasteiger partial charge in [-0.2, -0.15) is 0 Å². The zero-order valence-corrected chi connectivity index (χ0v) is 19.4. The van der Waals surface area contributed by atoms with Crippen molar-refractivity contribution >= 4 is 11.6 Å². The summed E-state index contributed by atoms with van der Waals surface area (Å²) in [7, 11) is 0. The Labute approximate surface area is 204 Å². The first-order valence-corrected chi connectivity index (χ1v) is 11.8. The topological polar surface area (TPSA) is 61.6 Å². The second-order valence-corrected chi connectivity index (χ2v) is 8.48. The summed E-state index contributed by atoms with van der Waals surface area (Å²) in [5.41, 5.74) is 2.63. The predicted molar refractivity (Wildman–Crippen MR) is 135 cm³/mol. The molecule has 0 spiro atoms. The molecule has 1 saturated heterocycles. The van der Waals surface area contributed by atoms with Crippen molar-refractivity contribution in [2.24, 2.45) is 0 Å². The van der Waals surface area contributed by atoms with Crippen molar-refractivity contribution in [1.29, 1.82) is 0 Å². The first-order chi connectivity index (χ1) is 17.2. The first-order valence-electron chi connectivity index (χ1n) is 11.8. The van der Waals surface area contributed by atoms with Crippen LogP contribution in [0.2, 0.25) is 0 Å². The van der Waals surface area contributed by atoms with Gasteiger partial charge < -0.3 is 14.6 Å². The summed E-state index contributed by atoms with van der Waals surface area (Å²) < 4.78 is 20.0. The average molecular weight is 471 g/mol. The number of hydrogen-bond acceptors (Lipinski definition) is 5. The maximum Gasteiger partial charge on any atom is 0.252 e. The lowest BCUT2D eigenvalue weighted by Crippen LogP contribution is -2.48. The number of hydrogen-bond donors (Lipinski definition) is 1. The van der Waals surface area contributed by atoms with E-state index >= 15 is 0 Å². The van der Waals surface area contributed by atoms with Gasteiger partial charge in [0.15, 0.2) is 5.76 Å². The van der Waals surface area contributed by atoms with Gasteiger partial charge in [0, 0.05) is 50.5 Å². The molecule has 7 heteroatoms. The lowest BCUT2D eigenvalue weighted by molar-refractivity contribution is 0.0948. The molecular weight excluding hydrogens is 443 g/mol. The van der Waals surface area contributed by atoms with E-state index in [0.29, 0.717) is 29.0 Å². The number of anilines is 1. The van der Waals surface area contributed by atoms with Gasteiger partial charge in [0.05, 0.1) is 17.3 Å². The smallest absolute Gasteiger partial charge is 0.252 e. The number of amides is 1. The fourth-order valence-electron chi connectivity index (χ4n) is 4.34. The van der Waals surface area contributed by atoms with E-state index in [9.17, 15) is 9.18 Å². The minimum atomic E-state index is -0.383. The Morgan fingerprint density at radius 2 is 1.57 bits per heavy atom. The van der Waals surface area contributed by atoms with E-state index in [0.717, 1.165) is 32.7 Å². The minimum Gasteiger partial charge on any atom is -0.436 e. The molecule has 0 saturated carbocycles. The van der Waals surface area contributed by atoms with Gasteiger partial charge in [-0.05, 0) is 36.4 Å². The van der Waals surface area contributed by atoms with Crippen LogP contribution >= 0.6 is 0 Å². The third kappa shape index (κ3) is 5.25. The molecule has 0 bridgehead atoms. The molecule has 1 aliphatic heterocycles. The molecule has 1 amide bonds. The second-order valence-electron chi connectivity index (χ2n) is 8.48. The zero-order chi connectivity index (χ0) is 24.0. The van der Waals surface area contributed by atoms with Gasteiger partial charge in [-0.25, -0.2) is 9.37 Å². The molecule has 0 unspecified atom stereocenters. The normalized spacial score (nSPS) is 14.1. The Balaban J connectivity index is 1.18. The monoisotopic (exact) mass is 470 g/mol. The molecule has 1 aliphatic rings. The third-order valence-electron chi connectivity index (χ3n) is 6.25. The summed E-state index contributed by atoms with van der Waals surface area (Å²) in [6.45, 7) is 5.18. The highest BCUT2D eigenvalue weighted by Crippen LogP contribution is 2.29. The first kappa shape index (κ1) is 22.8. The molecule has 35 heavy (non-hydrogen) atoms. The van der Waals surface area contributed by atoms with Crippen LogP contribution in [0.5, 0.6) is 0 Å². The van der Waals surface area contributed by atoms with Crippen molar-refractivity contribution in [3.8, 4) is 22.8 Å². The quantitative estimate of drug-likeness (QED) is 0.424. The number of carbonyl (C=O) groups is 1. The van der Waals surface area contributed by atoms with Crippen LogP contribution in [0.4, 0.5) is 10.1 Å². The van der Waals surface area contributed by atoms with Crippen LogP contribution in [0.1, 0.15) is 10.4 Å². The number of oxazole rings is 1. The molecule has 1 N–H and O–H groups in total. The molecule has 0 aliphatic carbocycles. The molecule has 2 heterocycles. The van der Waals surface area contributed by atoms with Crippen molar-refractivity contribution < 1.29 is 13.6 Å². The van der Waals surface area contributed by atoms with Crippen LogP contribution in [0.3, 0.4) is 0 Å². The molecular formula is C28H27FN4O2. The zero-order valence-electron chi connectivity index (χ0n) is 19.4. The second kappa shape index (κ2) is 10.5. The van der Waals surface area contributed by atoms with Crippen molar-refractivity contribution in [1.82, 2.24) is 15.2 Å². The Morgan fingerprint density at radius 1 is 0.886 bits per heavy atom. The van der Waals surface area contributed by atoms with Crippen LogP contribution in [0.15, 0.2) is 89.5 Å². The highest BCUT2D eigenvalue weighted by molar-refractivity contribution is 6.00. The van der Waals surface area contributed by atoms with E-state index in [1.807, 2.05) is 18.2 Å². The molecule has 1 fully saturated rings. The number of nitrogens with zero attached hydrogens (tertiary/aromatic N) is 3. The highest BCUT2D eigenvalue weighted by atomic mass is 19.1. The molecule has 0 atom stereocenters. The fraction of sp³-hybridized carbons (Fsp3) is 0.214. The van der Waals surface area contributed by atoms with Gasteiger partial charge in [-0.15, -0.1) is 0 Å². The van der Waals surface area contributed by atoms with E-state index in [1.54, 1.807) is 30.3 Å². The lowest BCUT2D eigenvalue weighted by atomic mass is 10.1. The number of piperazine rings is 1. The number of nitrogens with one attached hydrogen (secondary N) is 1. The van der Waals surface area contributed by atoms with Crippen molar-refractivity contribution in [2.75, 3.05) is 44.2 Å². The molecule has 1 aromatic heterocycles. The lowest BCUT2D eigenvalue weighted by Gasteiger charge is -2.36. The number of benzene rings is 3. The van der Waals surface area contributed by atoms with Crippen molar-refractivity contribution in [3.05, 3.63) is 96.4 Å². The van der Waals surface area contributed by atoms with Gasteiger partial charge in [0.25, 0.3) is 5.91 Å². The van der Waals surface area contributed by atoms with E-state index in [4.69, 9.17) is 4.42 Å². The van der Waals surface area contributed by atoms with Crippen LogP contribution in [-0.2, 0) is 0 Å². The summed E-state index contributed by atoms with van der Waals surface area (Å²) in [4.78, 5) is 22.0. The largest absolute Gasteiger partial charge is 0.436 e. The molecule has 3 aromatic carbocycles. The Kier molecular flexibility index (Phi) is 6.86. The molecule has 178 valence electrons. The summed E-state index contributed by atoms with van der Waals surface area (Å²) in [6, 6.07) is 24.0. The Morgan fingerprint density at radius 3 is 2.34 bits per heavy atom. The van der Waals surface area contributed by atoms with Gasteiger partial charge in [0.2, 0.25) is 5.89 Å². The standard InChI is InChI=1S/C28H27FN4O2/c29-25-13-7-6-12-24(25)26-20-31-28(35-26)23-11-5-4-10-22(23)27(34)30-14-15-32-16-18-33(19-17-32)21-8-2-1-3-9-21/h1-13,20H,14-19H2,(H,30,34). The van der Waals surface area contributed by atoms with Gasteiger partial charge in [-0.1, -0.05) is 42.5 Å². The SMILES string of the molecule is O=C(NCCN1CCN(c2ccccc2)CC1)c1ccccc1-c1ncc(-c2ccccc2F)o1. The van der Waals surface area contributed by atoms with Gasteiger partial charge in [-0.3, -0.25) is 9.69 Å². The van der Waals surface area contributed by atoms with Crippen molar-refractivity contribution in [2.45, 2.75) is 0 Å². The van der Waals surface area contributed by atoms with Gasteiger partial charge in [0.1, 0.15) is 5.82 Å². The molecule has 6 nitrogen and oxygen atoms in total. The Bertz CT molecular complexity index is 1280. The minimum absolute atomic E-state index is 0.186. The maximum absolute atomic E-state index is 14.1. The van der Waals surface area contributed by atoms with Crippen molar-refractivity contribution in [3.63, 3.8) is 0 Å². The van der Waals surface area contributed by atoms with E-state index in [1.165, 1.54) is 18.0 Å². The van der Waals surface area contributed by atoms with Crippen LogP contribution < -0.4 is 10.2 Å². The number of rotatable bonds is 7. The number of aromatic nitrogens is 1.